The molecule has 2 rings (SSSR count). The molecule has 1 heterocycles. The van der Waals surface area contributed by atoms with Crippen molar-refractivity contribution >= 4 is 40.0 Å². The topological polar surface area (TPSA) is 86.3 Å². The van der Waals surface area contributed by atoms with E-state index in [1.54, 1.807) is 14.2 Å². The van der Waals surface area contributed by atoms with E-state index in [1.165, 1.54) is 29.0 Å². The van der Waals surface area contributed by atoms with Crippen LogP contribution in [0.2, 0.25) is 0 Å². The van der Waals surface area contributed by atoms with Gasteiger partial charge in [0, 0.05) is 33.2 Å². The molecule has 0 spiro atoms. The first-order valence-electron chi connectivity index (χ1n) is 10.7. The third-order valence-corrected chi connectivity index (χ3v) is 6.85. The average Bonchev–Trinajstić information content (AvgIpc) is 3.26. The quantitative estimate of drug-likeness (QED) is 0.185. The minimum absolute atomic E-state index is 0. The van der Waals surface area contributed by atoms with Crippen molar-refractivity contribution in [3.63, 3.8) is 0 Å². The van der Waals surface area contributed by atoms with E-state index in [2.05, 4.69) is 32.7 Å². The molecule has 2 N–H and O–H groups in total. The summed E-state index contributed by atoms with van der Waals surface area (Å²) < 4.78 is 30.1. The molecule has 1 aliphatic rings. The van der Waals surface area contributed by atoms with E-state index in [-0.39, 0.29) is 30.0 Å². The Morgan fingerprint density at radius 3 is 2.39 bits per heavy atom. The third kappa shape index (κ3) is 9.11. The summed E-state index contributed by atoms with van der Waals surface area (Å²) in [6, 6.07) is 8.53. The second kappa shape index (κ2) is 14.1. The summed E-state index contributed by atoms with van der Waals surface area (Å²) >= 11 is 0. The van der Waals surface area contributed by atoms with Crippen molar-refractivity contribution in [3.8, 4) is 5.75 Å². The zero-order chi connectivity index (χ0) is 22.0. The second-order valence-corrected chi connectivity index (χ2v) is 9.50. The van der Waals surface area contributed by atoms with Crippen LogP contribution in [0.15, 0.2) is 29.3 Å². The molecule has 1 unspecified atom stereocenters. The molecule has 1 fully saturated rings. The Labute approximate surface area is 204 Å². The second-order valence-electron chi connectivity index (χ2n) is 7.52. The summed E-state index contributed by atoms with van der Waals surface area (Å²) in [5.74, 6) is 1.59. The molecule has 0 amide bonds. The molecule has 1 aromatic rings. The van der Waals surface area contributed by atoms with Gasteiger partial charge >= 0.3 is 0 Å². The summed E-state index contributed by atoms with van der Waals surface area (Å²) in [7, 11) is 0.290. The number of rotatable bonds is 11. The fourth-order valence-corrected chi connectivity index (χ4v) is 4.70. The van der Waals surface area contributed by atoms with Gasteiger partial charge in [0.25, 0.3) is 0 Å². The number of benzene rings is 1. The van der Waals surface area contributed by atoms with Gasteiger partial charge in [0.1, 0.15) is 5.75 Å². The maximum Gasteiger partial charge on any atom is 0.211 e. The van der Waals surface area contributed by atoms with Crippen molar-refractivity contribution in [2.45, 2.75) is 32.2 Å². The van der Waals surface area contributed by atoms with Crippen LogP contribution in [0.25, 0.3) is 0 Å². The molecular formula is C21H38IN5O3S. The van der Waals surface area contributed by atoms with Crippen LogP contribution in [0.5, 0.6) is 5.75 Å². The smallest absolute Gasteiger partial charge is 0.211 e. The predicted molar refractivity (Wildman–Crippen MR) is 138 cm³/mol. The van der Waals surface area contributed by atoms with Gasteiger partial charge in [-0.2, -0.15) is 0 Å². The Balaban J connectivity index is 0.00000480. The Kier molecular flexibility index (Phi) is 12.7. The Morgan fingerprint density at radius 2 is 1.87 bits per heavy atom. The molecule has 0 aromatic heterocycles. The standard InChI is InChI=1S/C21H37N5O3S.HI/c1-5-26(30(4,27)28)16-8-13-23-21(22-2)24-17-20(25-14-6-7-15-25)18-9-11-19(29-3)12-10-18;/h9-12,20H,5-8,13-17H2,1-4H3,(H2,22,23,24);1H. The van der Waals surface area contributed by atoms with E-state index >= 15 is 0 Å². The van der Waals surface area contributed by atoms with E-state index in [1.807, 2.05) is 19.1 Å². The van der Waals surface area contributed by atoms with Crippen molar-refractivity contribution in [1.29, 1.82) is 0 Å². The van der Waals surface area contributed by atoms with Gasteiger partial charge in [0.05, 0.1) is 19.4 Å². The maximum absolute atomic E-state index is 11.7. The van der Waals surface area contributed by atoms with Crippen LogP contribution in [0, 0.1) is 0 Å². The van der Waals surface area contributed by atoms with Gasteiger partial charge in [0.2, 0.25) is 10.0 Å². The van der Waals surface area contributed by atoms with E-state index < -0.39 is 10.0 Å². The third-order valence-electron chi connectivity index (χ3n) is 5.47. The highest BCUT2D eigenvalue weighted by atomic mass is 127. The number of methoxy groups -OCH3 is 1. The van der Waals surface area contributed by atoms with E-state index in [4.69, 9.17) is 4.74 Å². The number of guanidine groups is 1. The highest BCUT2D eigenvalue weighted by molar-refractivity contribution is 14.0. The SMILES string of the molecule is CCN(CCCNC(=NC)NCC(c1ccc(OC)cc1)N1CCCC1)S(C)(=O)=O.I. The number of sulfonamides is 1. The summed E-state index contributed by atoms with van der Waals surface area (Å²) in [4.78, 5) is 6.82. The number of halogens is 1. The van der Waals surface area contributed by atoms with Gasteiger partial charge in [0.15, 0.2) is 5.96 Å². The highest BCUT2D eigenvalue weighted by Crippen LogP contribution is 2.26. The highest BCUT2D eigenvalue weighted by Gasteiger charge is 2.23. The Bertz CT molecular complexity index is 768. The molecular weight excluding hydrogens is 529 g/mol. The molecule has 31 heavy (non-hydrogen) atoms. The molecule has 8 nitrogen and oxygen atoms in total. The van der Waals surface area contributed by atoms with E-state index in [9.17, 15) is 8.42 Å². The zero-order valence-corrected chi connectivity index (χ0v) is 22.3. The molecule has 1 atom stereocenters. The first-order chi connectivity index (χ1) is 14.4. The molecule has 1 saturated heterocycles. The minimum atomic E-state index is -3.14. The van der Waals surface area contributed by atoms with Crippen molar-refractivity contribution in [2.24, 2.45) is 4.99 Å². The summed E-state index contributed by atoms with van der Waals surface area (Å²) in [6.45, 7) is 6.45. The number of hydrogen-bond donors (Lipinski definition) is 2. The lowest BCUT2D eigenvalue weighted by Crippen LogP contribution is -2.43. The van der Waals surface area contributed by atoms with Crippen molar-refractivity contribution in [2.75, 3.05) is 59.7 Å². The largest absolute Gasteiger partial charge is 0.497 e. The van der Waals surface area contributed by atoms with Gasteiger partial charge in [-0.15, -0.1) is 24.0 Å². The van der Waals surface area contributed by atoms with Gasteiger partial charge < -0.3 is 15.4 Å². The molecule has 10 heteroatoms. The molecule has 0 aliphatic carbocycles. The van der Waals surface area contributed by atoms with Crippen molar-refractivity contribution < 1.29 is 13.2 Å². The van der Waals surface area contributed by atoms with Crippen LogP contribution in [0.1, 0.15) is 37.8 Å². The van der Waals surface area contributed by atoms with Gasteiger partial charge in [-0.05, 0) is 50.0 Å². The number of hydrogen-bond acceptors (Lipinski definition) is 5. The number of aliphatic imine (C=N–C) groups is 1. The number of nitrogens with one attached hydrogen (secondary N) is 2. The lowest BCUT2D eigenvalue weighted by molar-refractivity contribution is 0.245. The molecule has 0 bridgehead atoms. The van der Waals surface area contributed by atoms with Gasteiger partial charge in [-0.3, -0.25) is 9.89 Å². The minimum Gasteiger partial charge on any atom is -0.497 e. The van der Waals surface area contributed by atoms with Gasteiger partial charge in [-0.25, -0.2) is 12.7 Å². The lowest BCUT2D eigenvalue weighted by Gasteiger charge is -2.29. The van der Waals surface area contributed by atoms with Crippen molar-refractivity contribution in [1.82, 2.24) is 19.8 Å². The maximum atomic E-state index is 11.7. The Hall–Kier alpha value is -1.11. The summed E-state index contributed by atoms with van der Waals surface area (Å²) in [6.07, 6.45) is 4.43. The molecule has 178 valence electrons. The molecule has 0 radical (unpaired) electrons. The molecule has 1 aromatic carbocycles. The number of ether oxygens (including phenoxy) is 1. The van der Waals surface area contributed by atoms with Crippen molar-refractivity contribution in [3.05, 3.63) is 29.8 Å². The van der Waals surface area contributed by atoms with Crippen LogP contribution in [0.4, 0.5) is 0 Å². The zero-order valence-electron chi connectivity index (χ0n) is 19.1. The van der Waals surface area contributed by atoms with Gasteiger partial charge in [-0.1, -0.05) is 19.1 Å². The summed E-state index contributed by atoms with van der Waals surface area (Å²) in [5, 5.41) is 6.73. The number of likely N-dealkylation sites (tertiary alicyclic amines) is 1. The summed E-state index contributed by atoms with van der Waals surface area (Å²) in [5.41, 5.74) is 1.26. The van der Waals surface area contributed by atoms with E-state index in [0.717, 1.165) is 37.8 Å². The first-order valence-corrected chi connectivity index (χ1v) is 12.5. The van der Waals surface area contributed by atoms with E-state index in [0.29, 0.717) is 19.6 Å². The fraction of sp³-hybridized carbons (Fsp3) is 0.667. The van der Waals surface area contributed by atoms with Crippen LogP contribution in [0.3, 0.4) is 0 Å². The Morgan fingerprint density at radius 1 is 1.23 bits per heavy atom. The predicted octanol–water partition coefficient (Wildman–Crippen LogP) is 2.29. The van der Waals surface area contributed by atoms with Crippen LogP contribution in [-0.4, -0.2) is 83.3 Å². The first kappa shape index (κ1) is 27.9. The normalized spacial score (nSPS) is 16.1. The van der Waals surface area contributed by atoms with Crippen LogP contribution in [-0.2, 0) is 10.0 Å². The molecule has 1 aliphatic heterocycles. The monoisotopic (exact) mass is 567 g/mol. The average molecular weight is 568 g/mol. The van der Waals surface area contributed by atoms with Crippen LogP contribution >= 0.6 is 24.0 Å². The molecule has 0 saturated carbocycles. The number of nitrogens with zero attached hydrogens (tertiary/aromatic N) is 3. The fourth-order valence-electron chi connectivity index (χ4n) is 3.77. The lowest BCUT2D eigenvalue weighted by atomic mass is 10.1. The van der Waals surface area contributed by atoms with Crippen LogP contribution < -0.4 is 15.4 Å².